The molecule has 1 aromatic rings. The molecule has 0 aliphatic carbocycles. The van der Waals surface area contributed by atoms with E-state index in [2.05, 4.69) is 11.8 Å². The summed E-state index contributed by atoms with van der Waals surface area (Å²) < 4.78 is 13.4. The summed E-state index contributed by atoms with van der Waals surface area (Å²) in [5.41, 5.74) is 0.635. The molecule has 1 aromatic carbocycles. The number of carbonyl (C=O) groups excluding carboxylic acids is 1. The van der Waals surface area contributed by atoms with E-state index in [9.17, 15) is 14.3 Å². The van der Waals surface area contributed by atoms with Crippen molar-refractivity contribution in [3.05, 3.63) is 35.1 Å². The number of aliphatic hydroxyl groups excluding tert-OH is 2. The normalized spacial score (nSPS) is 17.8. The van der Waals surface area contributed by atoms with Crippen LogP contribution in [0.4, 0.5) is 4.39 Å². The highest BCUT2D eigenvalue weighted by Crippen LogP contribution is 2.17. The van der Waals surface area contributed by atoms with Crippen LogP contribution in [0.3, 0.4) is 0 Å². The fraction of sp³-hybridized carbons (Fsp3) is 0.400. The quantitative estimate of drug-likeness (QED) is 0.785. The van der Waals surface area contributed by atoms with Gasteiger partial charge in [-0.3, -0.25) is 4.79 Å². The van der Waals surface area contributed by atoms with Gasteiger partial charge in [-0.2, -0.15) is 0 Å². The number of halogens is 1. The van der Waals surface area contributed by atoms with Crippen molar-refractivity contribution >= 4 is 5.91 Å². The zero-order valence-corrected chi connectivity index (χ0v) is 11.0. The standard InChI is InChI=1S/C15H16FNO3/c16-12-5-4-11(3-1-2-8-18)14(9-12)15(20)17-7-6-13(19)10-17/h4-5,9,13,18-19H,2,6-8,10H2. The van der Waals surface area contributed by atoms with Gasteiger partial charge in [0, 0.05) is 25.1 Å². The molecule has 1 unspecified atom stereocenters. The number of aliphatic hydroxyl groups is 2. The first-order valence-electron chi connectivity index (χ1n) is 6.48. The first kappa shape index (κ1) is 14.5. The Hall–Kier alpha value is -1.90. The molecule has 1 fully saturated rings. The van der Waals surface area contributed by atoms with E-state index < -0.39 is 11.9 Å². The summed E-state index contributed by atoms with van der Waals surface area (Å²) in [6.07, 6.45) is 0.316. The van der Waals surface area contributed by atoms with Gasteiger partial charge in [0.1, 0.15) is 5.82 Å². The average Bonchev–Trinajstić information content (AvgIpc) is 2.86. The maximum atomic E-state index is 13.4. The number of hydrogen-bond donors (Lipinski definition) is 2. The fourth-order valence-corrected chi connectivity index (χ4v) is 2.11. The first-order valence-corrected chi connectivity index (χ1v) is 6.48. The minimum atomic E-state index is -0.517. The molecule has 20 heavy (non-hydrogen) atoms. The van der Waals surface area contributed by atoms with E-state index in [1.165, 1.54) is 17.0 Å². The predicted molar refractivity (Wildman–Crippen MR) is 71.5 cm³/mol. The number of β-amino-alcohol motifs (C(OH)–C–C–N with tert-alkyl or cyclic N) is 1. The first-order chi connectivity index (χ1) is 9.61. The predicted octanol–water partition coefficient (Wildman–Crippen LogP) is 0.766. The Bertz CT molecular complexity index is 562. The molecule has 106 valence electrons. The summed E-state index contributed by atoms with van der Waals surface area (Å²) in [5.74, 6) is 4.67. The minimum absolute atomic E-state index is 0.0597. The van der Waals surface area contributed by atoms with Crippen LogP contribution in [0.5, 0.6) is 0 Å². The Morgan fingerprint density at radius 1 is 1.50 bits per heavy atom. The van der Waals surface area contributed by atoms with Crippen LogP contribution in [-0.4, -0.2) is 46.8 Å². The van der Waals surface area contributed by atoms with E-state index in [-0.39, 0.29) is 24.6 Å². The van der Waals surface area contributed by atoms with Crippen LogP contribution >= 0.6 is 0 Å². The molecular formula is C15H16FNO3. The Balaban J connectivity index is 2.27. The molecule has 5 heteroatoms. The molecule has 1 atom stereocenters. The van der Waals surface area contributed by atoms with Crippen molar-refractivity contribution in [1.29, 1.82) is 0 Å². The number of hydrogen-bond acceptors (Lipinski definition) is 3. The summed E-state index contributed by atoms with van der Waals surface area (Å²) in [6.45, 7) is 0.661. The Labute approximate surface area is 116 Å². The molecule has 1 saturated heterocycles. The summed E-state index contributed by atoms with van der Waals surface area (Å²) in [4.78, 5) is 13.8. The van der Waals surface area contributed by atoms with Crippen LogP contribution in [0.2, 0.25) is 0 Å². The molecule has 1 amide bonds. The number of rotatable bonds is 2. The van der Waals surface area contributed by atoms with Gasteiger partial charge in [-0.1, -0.05) is 11.8 Å². The van der Waals surface area contributed by atoms with Crippen molar-refractivity contribution < 1.29 is 19.4 Å². The second-order valence-electron chi connectivity index (χ2n) is 4.66. The molecule has 2 N–H and O–H groups in total. The molecule has 0 saturated carbocycles. The second kappa shape index (κ2) is 6.51. The molecule has 2 rings (SSSR count). The fourth-order valence-electron chi connectivity index (χ4n) is 2.11. The number of likely N-dealkylation sites (tertiary alicyclic amines) is 1. The Kier molecular flexibility index (Phi) is 4.72. The van der Waals surface area contributed by atoms with E-state index >= 15 is 0 Å². The molecule has 0 spiro atoms. The Morgan fingerprint density at radius 3 is 2.95 bits per heavy atom. The van der Waals surface area contributed by atoms with Crippen LogP contribution < -0.4 is 0 Å². The van der Waals surface area contributed by atoms with Crippen molar-refractivity contribution in [2.75, 3.05) is 19.7 Å². The lowest BCUT2D eigenvalue weighted by Crippen LogP contribution is -2.30. The van der Waals surface area contributed by atoms with Gasteiger partial charge in [0.2, 0.25) is 0 Å². The molecular weight excluding hydrogens is 261 g/mol. The van der Waals surface area contributed by atoms with Crippen molar-refractivity contribution in [3.8, 4) is 11.8 Å². The maximum Gasteiger partial charge on any atom is 0.255 e. The summed E-state index contributed by atoms with van der Waals surface area (Å²) in [5, 5.41) is 18.2. The van der Waals surface area contributed by atoms with Gasteiger partial charge in [0.25, 0.3) is 5.91 Å². The lowest BCUT2D eigenvalue weighted by atomic mass is 10.1. The molecule has 0 radical (unpaired) electrons. The largest absolute Gasteiger partial charge is 0.395 e. The van der Waals surface area contributed by atoms with Crippen LogP contribution in [0, 0.1) is 17.7 Å². The van der Waals surface area contributed by atoms with E-state index in [0.717, 1.165) is 6.07 Å². The van der Waals surface area contributed by atoms with Crippen molar-refractivity contribution in [3.63, 3.8) is 0 Å². The van der Waals surface area contributed by atoms with Crippen LogP contribution in [0.1, 0.15) is 28.8 Å². The van der Waals surface area contributed by atoms with E-state index in [1.807, 2.05) is 0 Å². The number of amides is 1. The summed E-state index contributed by atoms with van der Waals surface area (Å²) in [6, 6.07) is 3.87. The summed E-state index contributed by atoms with van der Waals surface area (Å²) in [7, 11) is 0. The van der Waals surface area contributed by atoms with E-state index in [0.29, 0.717) is 24.9 Å². The molecule has 0 bridgehead atoms. The zero-order chi connectivity index (χ0) is 14.5. The molecule has 0 aromatic heterocycles. The van der Waals surface area contributed by atoms with Gasteiger partial charge >= 0.3 is 0 Å². The topological polar surface area (TPSA) is 60.8 Å². The third kappa shape index (κ3) is 3.35. The van der Waals surface area contributed by atoms with Gasteiger partial charge in [-0.15, -0.1) is 0 Å². The number of benzene rings is 1. The highest BCUT2D eigenvalue weighted by atomic mass is 19.1. The highest BCUT2D eigenvalue weighted by Gasteiger charge is 2.26. The van der Waals surface area contributed by atoms with E-state index in [1.54, 1.807) is 0 Å². The monoisotopic (exact) mass is 277 g/mol. The third-order valence-electron chi connectivity index (χ3n) is 3.12. The van der Waals surface area contributed by atoms with Crippen LogP contribution in [0.15, 0.2) is 18.2 Å². The third-order valence-corrected chi connectivity index (χ3v) is 3.12. The number of carbonyl (C=O) groups is 1. The minimum Gasteiger partial charge on any atom is -0.395 e. The van der Waals surface area contributed by atoms with Gasteiger partial charge < -0.3 is 15.1 Å². The average molecular weight is 277 g/mol. The van der Waals surface area contributed by atoms with Gasteiger partial charge in [-0.25, -0.2) is 4.39 Å². The molecule has 1 heterocycles. The smallest absolute Gasteiger partial charge is 0.255 e. The SMILES string of the molecule is O=C(c1cc(F)ccc1C#CCCO)N1CCC(O)C1. The van der Waals surface area contributed by atoms with Gasteiger partial charge in [0.15, 0.2) is 0 Å². The zero-order valence-electron chi connectivity index (χ0n) is 11.0. The molecule has 1 aliphatic rings. The Morgan fingerprint density at radius 2 is 2.30 bits per heavy atom. The molecule has 4 nitrogen and oxygen atoms in total. The van der Waals surface area contributed by atoms with Crippen molar-refractivity contribution in [2.24, 2.45) is 0 Å². The van der Waals surface area contributed by atoms with Crippen LogP contribution in [0.25, 0.3) is 0 Å². The van der Waals surface area contributed by atoms with E-state index in [4.69, 9.17) is 5.11 Å². The lowest BCUT2D eigenvalue weighted by molar-refractivity contribution is 0.0764. The van der Waals surface area contributed by atoms with Crippen LogP contribution in [-0.2, 0) is 0 Å². The lowest BCUT2D eigenvalue weighted by Gasteiger charge is -2.16. The van der Waals surface area contributed by atoms with Gasteiger partial charge in [-0.05, 0) is 24.6 Å². The highest BCUT2D eigenvalue weighted by molar-refractivity contribution is 5.97. The second-order valence-corrected chi connectivity index (χ2v) is 4.66. The molecule has 1 aliphatic heterocycles. The summed E-state index contributed by atoms with van der Waals surface area (Å²) >= 11 is 0. The van der Waals surface area contributed by atoms with Crippen molar-refractivity contribution in [1.82, 2.24) is 4.90 Å². The number of nitrogens with zero attached hydrogens (tertiary/aromatic N) is 1. The van der Waals surface area contributed by atoms with Crippen molar-refractivity contribution in [2.45, 2.75) is 18.9 Å². The maximum absolute atomic E-state index is 13.4. The van der Waals surface area contributed by atoms with Gasteiger partial charge in [0.05, 0.1) is 18.3 Å².